The smallest absolute Gasteiger partial charge is 0.252 e. The summed E-state index contributed by atoms with van der Waals surface area (Å²) in [5, 5.41) is 6.11. The van der Waals surface area contributed by atoms with Crippen molar-refractivity contribution in [3.63, 3.8) is 0 Å². The van der Waals surface area contributed by atoms with Crippen molar-refractivity contribution in [3.05, 3.63) is 71.3 Å². The van der Waals surface area contributed by atoms with Gasteiger partial charge < -0.3 is 15.5 Å². The molecule has 1 heterocycles. The lowest BCUT2D eigenvalue weighted by Crippen LogP contribution is -2.55. The predicted octanol–water partition coefficient (Wildman–Crippen LogP) is 4.13. The molecule has 0 bridgehead atoms. The van der Waals surface area contributed by atoms with Gasteiger partial charge in [0.25, 0.3) is 5.91 Å². The molecule has 0 saturated carbocycles. The van der Waals surface area contributed by atoms with E-state index in [4.69, 9.17) is 0 Å². The van der Waals surface area contributed by atoms with Gasteiger partial charge in [0.2, 0.25) is 11.8 Å². The minimum atomic E-state index is -0.634. The number of amides is 3. The Bertz CT molecular complexity index is 997. The zero-order valence-electron chi connectivity index (χ0n) is 21.4. The van der Waals surface area contributed by atoms with Crippen molar-refractivity contribution in [1.29, 1.82) is 0 Å². The molecule has 2 atom stereocenters. The monoisotopic (exact) mass is 477 g/mol. The fourth-order valence-corrected chi connectivity index (χ4v) is 4.46. The largest absolute Gasteiger partial charge is 0.352 e. The number of aryl methyl sites for hydroxylation is 2. The molecule has 35 heavy (non-hydrogen) atoms. The minimum absolute atomic E-state index is 0.0000156. The lowest BCUT2D eigenvalue weighted by Gasteiger charge is -2.36. The number of rotatable bonds is 9. The van der Waals surface area contributed by atoms with Gasteiger partial charge in [-0.25, -0.2) is 0 Å². The summed E-state index contributed by atoms with van der Waals surface area (Å²) in [4.78, 5) is 41.0. The molecule has 0 aromatic heterocycles. The molecule has 2 aromatic rings. The van der Waals surface area contributed by atoms with Crippen LogP contribution < -0.4 is 10.6 Å². The zero-order valence-corrected chi connectivity index (χ0v) is 21.4. The van der Waals surface area contributed by atoms with Gasteiger partial charge in [-0.1, -0.05) is 62.4 Å². The normalized spacial score (nSPS) is 16.0. The molecule has 6 nitrogen and oxygen atoms in total. The summed E-state index contributed by atoms with van der Waals surface area (Å²) in [6, 6.07) is 16.8. The second kappa shape index (κ2) is 12.5. The van der Waals surface area contributed by atoms with E-state index >= 15 is 0 Å². The second-order valence-electron chi connectivity index (χ2n) is 10.0. The number of hydrogen-bond acceptors (Lipinski definition) is 3. The van der Waals surface area contributed by atoms with E-state index in [2.05, 4.69) is 24.5 Å². The first-order valence-electron chi connectivity index (χ1n) is 12.7. The lowest BCUT2D eigenvalue weighted by molar-refractivity contribution is -0.133. The van der Waals surface area contributed by atoms with Crippen LogP contribution in [0.1, 0.15) is 61.5 Å². The van der Waals surface area contributed by atoms with Crippen LogP contribution in [0.5, 0.6) is 0 Å². The Labute approximate surface area is 209 Å². The van der Waals surface area contributed by atoms with Crippen LogP contribution in [-0.4, -0.2) is 47.8 Å². The SMILES string of the molecule is Cc1ccccc1C(=O)N[C@H](C(=O)N[C@H](C)C(C)C)C1CCN(C(=O)CCc2ccccc2)CC1. The van der Waals surface area contributed by atoms with Crippen LogP contribution in [0.2, 0.25) is 0 Å². The highest BCUT2D eigenvalue weighted by Gasteiger charge is 2.34. The van der Waals surface area contributed by atoms with Crippen LogP contribution in [0.15, 0.2) is 54.6 Å². The van der Waals surface area contributed by atoms with Gasteiger partial charge in [0.1, 0.15) is 6.04 Å². The highest BCUT2D eigenvalue weighted by Crippen LogP contribution is 2.23. The Hall–Kier alpha value is -3.15. The molecule has 0 unspecified atom stereocenters. The summed E-state index contributed by atoms with van der Waals surface area (Å²) in [6.45, 7) is 9.20. The number of nitrogens with zero attached hydrogens (tertiary/aromatic N) is 1. The molecule has 1 aliphatic rings. The minimum Gasteiger partial charge on any atom is -0.352 e. The van der Waals surface area contributed by atoms with E-state index in [1.165, 1.54) is 0 Å². The van der Waals surface area contributed by atoms with E-state index in [1.807, 2.05) is 67.3 Å². The molecule has 2 N–H and O–H groups in total. The van der Waals surface area contributed by atoms with Crippen LogP contribution in [0.3, 0.4) is 0 Å². The van der Waals surface area contributed by atoms with E-state index in [-0.39, 0.29) is 35.6 Å². The van der Waals surface area contributed by atoms with Crippen molar-refractivity contribution in [2.75, 3.05) is 13.1 Å². The molecule has 3 rings (SSSR count). The second-order valence-corrected chi connectivity index (χ2v) is 10.0. The van der Waals surface area contributed by atoms with Crippen molar-refractivity contribution >= 4 is 17.7 Å². The quantitative estimate of drug-likeness (QED) is 0.570. The molecule has 1 aliphatic heterocycles. The van der Waals surface area contributed by atoms with Gasteiger partial charge in [-0.15, -0.1) is 0 Å². The fourth-order valence-electron chi connectivity index (χ4n) is 4.46. The van der Waals surface area contributed by atoms with E-state index in [1.54, 1.807) is 6.07 Å². The number of benzene rings is 2. The topological polar surface area (TPSA) is 78.5 Å². The molecule has 6 heteroatoms. The van der Waals surface area contributed by atoms with E-state index in [9.17, 15) is 14.4 Å². The number of piperidine rings is 1. The maximum Gasteiger partial charge on any atom is 0.252 e. The fraction of sp³-hybridized carbons (Fsp3) is 0.483. The molecule has 0 spiro atoms. The molecule has 3 amide bonds. The molecule has 1 saturated heterocycles. The Morgan fingerprint density at radius 2 is 1.54 bits per heavy atom. The van der Waals surface area contributed by atoms with Crippen molar-refractivity contribution in [2.45, 2.75) is 65.5 Å². The summed E-state index contributed by atoms with van der Waals surface area (Å²) in [5.41, 5.74) is 2.61. The van der Waals surface area contributed by atoms with Crippen molar-refractivity contribution in [1.82, 2.24) is 15.5 Å². The summed E-state index contributed by atoms with van der Waals surface area (Å²) in [5.74, 6) is 0.0192. The third kappa shape index (κ3) is 7.41. The number of nitrogens with one attached hydrogen (secondary N) is 2. The average Bonchev–Trinajstić information content (AvgIpc) is 2.86. The Kier molecular flexibility index (Phi) is 9.47. The summed E-state index contributed by atoms with van der Waals surface area (Å²) in [7, 11) is 0. The zero-order chi connectivity index (χ0) is 25.4. The molecule has 2 aromatic carbocycles. The van der Waals surface area contributed by atoms with Crippen LogP contribution in [-0.2, 0) is 16.0 Å². The number of carbonyl (C=O) groups is 3. The average molecular weight is 478 g/mol. The van der Waals surface area contributed by atoms with Crippen molar-refractivity contribution < 1.29 is 14.4 Å². The van der Waals surface area contributed by atoms with Crippen LogP contribution in [0.25, 0.3) is 0 Å². The van der Waals surface area contributed by atoms with Gasteiger partial charge in [-0.05, 0) is 62.1 Å². The summed E-state index contributed by atoms with van der Waals surface area (Å²) in [6.07, 6.45) is 2.57. The first-order chi connectivity index (χ1) is 16.8. The lowest BCUT2D eigenvalue weighted by atomic mass is 9.87. The molecule has 1 fully saturated rings. The van der Waals surface area contributed by atoms with E-state index in [0.29, 0.717) is 37.9 Å². The van der Waals surface area contributed by atoms with Gasteiger partial charge in [-0.2, -0.15) is 0 Å². The molecule has 0 radical (unpaired) electrons. The highest BCUT2D eigenvalue weighted by molar-refractivity contribution is 5.98. The van der Waals surface area contributed by atoms with Crippen LogP contribution in [0, 0.1) is 18.8 Å². The van der Waals surface area contributed by atoms with E-state index in [0.717, 1.165) is 17.5 Å². The Morgan fingerprint density at radius 3 is 2.17 bits per heavy atom. The number of likely N-dealkylation sites (tertiary alicyclic amines) is 1. The summed E-state index contributed by atoms with van der Waals surface area (Å²) >= 11 is 0. The van der Waals surface area contributed by atoms with Gasteiger partial charge in [-0.3, -0.25) is 14.4 Å². The first kappa shape index (κ1) is 26.5. The number of carbonyl (C=O) groups excluding carboxylic acids is 3. The first-order valence-corrected chi connectivity index (χ1v) is 12.7. The predicted molar refractivity (Wildman–Crippen MR) is 139 cm³/mol. The highest BCUT2D eigenvalue weighted by atomic mass is 16.2. The number of hydrogen-bond donors (Lipinski definition) is 2. The standard InChI is InChI=1S/C29H39N3O3/c1-20(2)22(4)30-29(35)27(31-28(34)25-13-9-8-10-21(25)3)24-16-18-32(19-17-24)26(33)15-14-23-11-6-5-7-12-23/h5-13,20,22,24,27H,14-19H2,1-4H3,(H,30,35)(H,31,34)/t22-,27+/m1/s1. The molecular weight excluding hydrogens is 438 g/mol. The van der Waals surface area contributed by atoms with Crippen LogP contribution >= 0.6 is 0 Å². The molecule has 0 aliphatic carbocycles. The third-order valence-corrected chi connectivity index (χ3v) is 7.16. The van der Waals surface area contributed by atoms with Gasteiger partial charge >= 0.3 is 0 Å². The summed E-state index contributed by atoms with van der Waals surface area (Å²) < 4.78 is 0. The van der Waals surface area contributed by atoms with Gasteiger partial charge in [0.05, 0.1) is 0 Å². The Balaban J connectivity index is 1.64. The maximum atomic E-state index is 13.3. The van der Waals surface area contributed by atoms with Gasteiger partial charge in [0, 0.05) is 31.1 Å². The van der Waals surface area contributed by atoms with Crippen molar-refractivity contribution in [3.8, 4) is 0 Å². The molecular formula is C29H39N3O3. The third-order valence-electron chi connectivity index (χ3n) is 7.16. The van der Waals surface area contributed by atoms with Crippen LogP contribution in [0.4, 0.5) is 0 Å². The molecule has 188 valence electrons. The van der Waals surface area contributed by atoms with E-state index < -0.39 is 6.04 Å². The van der Waals surface area contributed by atoms with Gasteiger partial charge in [0.15, 0.2) is 0 Å². The van der Waals surface area contributed by atoms with Crippen molar-refractivity contribution in [2.24, 2.45) is 11.8 Å². The maximum absolute atomic E-state index is 13.3. The Morgan fingerprint density at radius 1 is 0.914 bits per heavy atom.